The lowest BCUT2D eigenvalue weighted by Gasteiger charge is -2.41. The lowest BCUT2D eigenvalue weighted by Crippen LogP contribution is -2.62. The third kappa shape index (κ3) is 6.99. The first-order valence-corrected chi connectivity index (χ1v) is 14.8. The molecule has 1 heterocycles. The van der Waals surface area contributed by atoms with Crippen LogP contribution >= 0.6 is 34.4 Å². The van der Waals surface area contributed by atoms with Crippen molar-refractivity contribution in [1.82, 2.24) is 10.6 Å². The molecule has 2 aromatic carbocycles. The van der Waals surface area contributed by atoms with E-state index in [9.17, 15) is 9.90 Å². The molecule has 0 aromatic heterocycles. The van der Waals surface area contributed by atoms with E-state index in [4.69, 9.17) is 0 Å². The van der Waals surface area contributed by atoms with Gasteiger partial charge in [0.25, 0.3) is 0 Å². The predicted octanol–water partition coefficient (Wildman–Crippen LogP) is 6.75. The van der Waals surface area contributed by atoms with Crippen LogP contribution in [0.25, 0.3) is 0 Å². The van der Waals surface area contributed by atoms with E-state index < -0.39 is 17.0 Å². The third-order valence-electron chi connectivity index (χ3n) is 7.26. The molecule has 1 saturated carbocycles. The number of nitrogens with one attached hydrogen (secondary N) is 2. The maximum absolute atomic E-state index is 12.5. The van der Waals surface area contributed by atoms with Gasteiger partial charge in [0.1, 0.15) is 11.0 Å². The molecule has 4 rings (SSSR count). The highest BCUT2D eigenvalue weighted by Crippen LogP contribution is 2.44. The summed E-state index contributed by atoms with van der Waals surface area (Å²) in [4.78, 5) is 12.0. The minimum Gasteiger partial charge on any atom is -0.480 e. The van der Waals surface area contributed by atoms with Crippen molar-refractivity contribution < 1.29 is 9.90 Å². The van der Waals surface area contributed by atoms with Crippen LogP contribution in [0.2, 0.25) is 0 Å². The number of carboxylic acids is 1. The zero-order valence-electron chi connectivity index (χ0n) is 19.8. The Kier molecular flexibility index (Phi) is 9.74. The van der Waals surface area contributed by atoms with Crippen molar-refractivity contribution in [2.75, 3.05) is 5.75 Å². The van der Waals surface area contributed by atoms with Crippen molar-refractivity contribution in [3.8, 4) is 0 Å². The molecule has 34 heavy (non-hydrogen) atoms. The zero-order valence-corrected chi connectivity index (χ0v) is 22.8. The maximum atomic E-state index is 12.5. The summed E-state index contributed by atoms with van der Waals surface area (Å²) in [7, 11) is 0. The molecule has 3 N–H and O–H groups in total. The summed E-state index contributed by atoms with van der Waals surface area (Å²) in [6.45, 7) is 0. The van der Waals surface area contributed by atoms with Gasteiger partial charge in [-0.25, -0.2) is 0 Å². The number of benzene rings is 2. The first-order valence-electron chi connectivity index (χ1n) is 12.8. The Morgan fingerprint density at radius 1 is 1.03 bits per heavy atom. The van der Waals surface area contributed by atoms with E-state index in [2.05, 4.69) is 69.6 Å². The van der Waals surface area contributed by atoms with Gasteiger partial charge in [0, 0.05) is 21.3 Å². The normalized spacial score (nSPS) is 25.6. The molecule has 2 aliphatic rings. The van der Waals surface area contributed by atoms with Crippen molar-refractivity contribution >= 4 is 40.3 Å². The predicted molar refractivity (Wildman–Crippen MR) is 150 cm³/mol. The highest BCUT2D eigenvalue weighted by Gasteiger charge is 2.47. The van der Waals surface area contributed by atoms with E-state index in [1.54, 1.807) is 0 Å². The molecule has 2 aromatic rings. The van der Waals surface area contributed by atoms with Gasteiger partial charge in [0.15, 0.2) is 0 Å². The highest BCUT2D eigenvalue weighted by molar-refractivity contribution is 14.1. The SMILES string of the molecule is O=C(O)C(Cc1cccc(I)c1)NC1(C2CCCCCCCCC2)NC(c2ccccc2)CS1. The summed E-state index contributed by atoms with van der Waals surface area (Å²) in [5, 5.41) is 17.9. The van der Waals surface area contributed by atoms with Gasteiger partial charge in [-0.05, 0) is 65.1 Å². The monoisotopic (exact) mass is 592 g/mol. The van der Waals surface area contributed by atoms with Crippen LogP contribution in [-0.2, 0) is 11.2 Å². The second-order valence-electron chi connectivity index (χ2n) is 9.77. The van der Waals surface area contributed by atoms with Gasteiger partial charge < -0.3 is 5.11 Å². The number of hydrogen-bond acceptors (Lipinski definition) is 4. The minimum absolute atomic E-state index is 0.223. The number of hydrogen-bond donors (Lipinski definition) is 3. The van der Waals surface area contributed by atoms with Crippen LogP contribution in [-0.4, -0.2) is 27.9 Å². The van der Waals surface area contributed by atoms with E-state index in [0.29, 0.717) is 12.3 Å². The van der Waals surface area contributed by atoms with Gasteiger partial charge in [0.05, 0.1) is 0 Å². The molecule has 1 saturated heterocycles. The van der Waals surface area contributed by atoms with Crippen molar-refractivity contribution in [3.05, 3.63) is 69.3 Å². The van der Waals surface area contributed by atoms with Crippen LogP contribution < -0.4 is 10.6 Å². The molecule has 3 unspecified atom stereocenters. The summed E-state index contributed by atoms with van der Waals surface area (Å²) in [5.74, 6) is 0.578. The number of rotatable bonds is 7. The molecule has 0 amide bonds. The number of aliphatic carboxylic acids is 1. The van der Waals surface area contributed by atoms with Crippen LogP contribution in [0.5, 0.6) is 0 Å². The third-order valence-corrected chi connectivity index (χ3v) is 9.46. The summed E-state index contributed by atoms with van der Waals surface area (Å²) >= 11 is 4.20. The quantitative estimate of drug-likeness (QED) is 0.311. The minimum atomic E-state index is -0.774. The molecule has 1 aliphatic carbocycles. The fraction of sp³-hybridized carbons (Fsp3) is 0.536. The lowest BCUT2D eigenvalue weighted by atomic mass is 9.88. The molecular formula is C28H37IN2O2S. The molecule has 0 bridgehead atoms. The lowest BCUT2D eigenvalue weighted by molar-refractivity contribution is -0.140. The number of thioether (sulfide) groups is 1. The van der Waals surface area contributed by atoms with Crippen LogP contribution in [0.3, 0.4) is 0 Å². The Morgan fingerprint density at radius 2 is 1.71 bits per heavy atom. The first kappa shape index (κ1) is 26.0. The van der Waals surface area contributed by atoms with E-state index in [1.165, 1.54) is 50.5 Å². The van der Waals surface area contributed by atoms with Gasteiger partial charge in [-0.3, -0.25) is 15.4 Å². The Labute approximate surface area is 222 Å². The zero-order chi connectivity index (χ0) is 23.8. The van der Waals surface area contributed by atoms with Crippen LogP contribution in [0.15, 0.2) is 54.6 Å². The molecule has 184 valence electrons. The van der Waals surface area contributed by atoms with E-state index in [0.717, 1.165) is 27.7 Å². The number of carboxylic acid groups (broad SMARTS) is 1. The summed E-state index contributed by atoms with van der Waals surface area (Å²) in [6.07, 6.45) is 11.8. The van der Waals surface area contributed by atoms with Gasteiger partial charge in [0.2, 0.25) is 0 Å². The molecule has 1 aliphatic heterocycles. The fourth-order valence-electron chi connectivity index (χ4n) is 5.43. The second kappa shape index (κ2) is 12.7. The van der Waals surface area contributed by atoms with E-state index >= 15 is 0 Å². The second-order valence-corrected chi connectivity index (χ2v) is 12.3. The molecule has 3 atom stereocenters. The summed E-state index contributed by atoms with van der Waals surface area (Å²) in [6, 6.07) is 18.4. The highest BCUT2D eigenvalue weighted by atomic mass is 127. The smallest absolute Gasteiger partial charge is 0.321 e. The Bertz CT molecular complexity index is 918. The Balaban J connectivity index is 1.59. The Hall–Kier alpha value is -1.09. The van der Waals surface area contributed by atoms with Crippen molar-refractivity contribution in [2.24, 2.45) is 5.92 Å². The molecule has 4 nitrogen and oxygen atoms in total. The number of carbonyl (C=O) groups is 1. The van der Waals surface area contributed by atoms with Crippen molar-refractivity contribution in [1.29, 1.82) is 0 Å². The largest absolute Gasteiger partial charge is 0.480 e. The summed E-state index contributed by atoms with van der Waals surface area (Å²) in [5.41, 5.74) is 2.35. The fourth-order valence-corrected chi connectivity index (χ4v) is 7.67. The molecule has 6 heteroatoms. The molecule has 0 spiro atoms. The maximum Gasteiger partial charge on any atom is 0.321 e. The first-order chi connectivity index (χ1) is 16.6. The van der Waals surface area contributed by atoms with Gasteiger partial charge >= 0.3 is 5.97 Å². The average Bonchev–Trinajstić information content (AvgIpc) is 3.28. The van der Waals surface area contributed by atoms with Gasteiger partial charge in [-0.2, -0.15) is 0 Å². The Morgan fingerprint density at radius 3 is 2.35 bits per heavy atom. The average molecular weight is 593 g/mol. The van der Waals surface area contributed by atoms with Crippen molar-refractivity contribution in [3.63, 3.8) is 0 Å². The number of halogens is 1. The summed E-state index contributed by atoms with van der Waals surface area (Å²) < 4.78 is 1.14. The van der Waals surface area contributed by atoms with Gasteiger partial charge in [-0.1, -0.05) is 87.4 Å². The van der Waals surface area contributed by atoms with E-state index in [-0.39, 0.29) is 6.04 Å². The molecule has 0 radical (unpaired) electrons. The molecular weight excluding hydrogens is 555 g/mol. The standard InChI is InChI=1S/C28H37IN2O2S/c29-24-17-11-12-21(18-24)19-25(27(32)33)30-28(23-15-9-4-2-1-3-5-10-16-23)31-26(20-34-28)22-13-7-6-8-14-22/h6-8,11-14,17-18,23,25-26,30-31H,1-5,9-10,15-16,19-20H2,(H,32,33). The van der Waals surface area contributed by atoms with Gasteiger partial charge in [-0.15, -0.1) is 11.8 Å². The van der Waals surface area contributed by atoms with Crippen LogP contribution in [0.1, 0.15) is 75.0 Å². The van der Waals surface area contributed by atoms with Crippen molar-refractivity contribution in [2.45, 2.75) is 81.3 Å². The van der Waals surface area contributed by atoms with Crippen LogP contribution in [0, 0.1) is 9.49 Å². The molecule has 2 fully saturated rings. The topological polar surface area (TPSA) is 61.4 Å². The van der Waals surface area contributed by atoms with Crippen LogP contribution in [0.4, 0.5) is 0 Å². The van der Waals surface area contributed by atoms with E-state index in [1.807, 2.05) is 30.0 Å².